The van der Waals surface area contributed by atoms with E-state index in [9.17, 15) is 0 Å². The molecular formula is C15H21ClN2. The number of anilines is 2. The van der Waals surface area contributed by atoms with Crippen LogP contribution in [-0.4, -0.2) is 12.6 Å². The van der Waals surface area contributed by atoms with Crippen molar-refractivity contribution in [2.45, 2.75) is 45.1 Å². The molecule has 1 aliphatic carbocycles. The summed E-state index contributed by atoms with van der Waals surface area (Å²) in [5.41, 5.74) is 9.11. The predicted molar refractivity (Wildman–Crippen MR) is 78.3 cm³/mol. The Morgan fingerprint density at radius 2 is 2.00 bits per heavy atom. The van der Waals surface area contributed by atoms with Crippen LogP contribution in [0, 0.1) is 12.8 Å². The molecule has 1 aromatic carbocycles. The molecular weight excluding hydrogens is 244 g/mol. The number of nitrogens with zero attached hydrogens (tertiary/aromatic N) is 1. The molecule has 2 fully saturated rings. The molecule has 2 unspecified atom stereocenters. The van der Waals surface area contributed by atoms with Crippen LogP contribution in [0.2, 0.25) is 5.02 Å². The minimum Gasteiger partial charge on any atom is -0.398 e. The van der Waals surface area contributed by atoms with Gasteiger partial charge in [0.1, 0.15) is 0 Å². The molecule has 2 nitrogen and oxygen atoms in total. The molecule has 18 heavy (non-hydrogen) atoms. The molecule has 1 aromatic rings. The first-order chi connectivity index (χ1) is 8.66. The fourth-order valence-electron chi connectivity index (χ4n) is 3.71. The highest BCUT2D eigenvalue weighted by atomic mass is 35.5. The van der Waals surface area contributed by atoms with E-state index >= 15 is 0 Å². The molecule has 2 aliphatic rings. The van der Waals surface area contributed by atoms with Gasteiger partial charge in [0.25, 0.3) is 0 Å². The van der Waals surface area contributed by atoms with Gasteiger partial charge in [-0.2, -0.15) is 0 Å². The number of rotatable bonds is 1. The van der Waals surface area contributed by atoms with E-state index in [1.807, 2.05) is 6.07 Å². The Labute approximate surface area is 114 Å². The lowest BCUT2D eigenvalue weighted by Crippen LogP contribution is -2.35. The third-order valence-corrected chi connectivity index (χ3v) is 4.96. The average Bonchev–Trinajstić information content (AvgIpc) is 2.78. The Morgan fingerprint density at radius 3 is 2.83 bits per heavy atom. The van der Waals surface area contributed by atoms with E-state index in [1.54, 1.807) is 0 Å². The number of nitrogens with two attached hydrogens (primary N) is 1. The normalized spacial score (nSPS) is 27.3. The van der Waals surface area contributed by atoms with Gasteiger partial charge in [-0.15, -0.1) is 0 Å². The quantitative estimate of drug-likeness (QED) is 0.777. The van der Waals surface area contributed by atoms with Crippen molar-refractivity contribution in [3.05, 3.63) is 22.7 Å². The standard InChI is InChI=1S/C15H21ClN2/c1-10-8-13(17)12(16)9-15(10)18-7-6-11-4-2-3-5-14(11)18/h8-9,11,14H,2-7,17H2,1H3. The number of aryl methyl sites for hydroxylation is 1. The molecule has 1 saturated heterocycles. The molecule has 3 heteroatoms. The van der Waals surface area contributed by atoms with Crippen molar-refractivity contribution < 1.29 is 0 Å². The van der Waals surface area contributed by atoms with Gasteiger partial charge in [-0.25, -0.2) is 0 Å². The Morgan fingerprint density at radius 1 is 1.22 bits per heavy atom. The maximum absolute atomic E-state index is 6.19. The Balaban J connectivity index is 1.93. The zero-order valence-electron chi connectivity index (χ0n) is 11.0. The van der Waals surface area contributed by atoms with Gasteiger partial charge in [0.15, 0.2) is 0 Å². The van der Waals surface area contributed by atoms with Gasteiger partial charge in [0, 0.05) is 18.3 Å². The second-order valence-electron chi connectivity index (χ2n) is 5.75. The van der Waals surface area contributed by atoms with Crippen LogP contribution in [0.4, 0.5) is 11.4 Å². The van der Waals surface area contributed by atoms with Crippen molar-refractivity contribution in [2.24, 2.45) is 5.92 Å². The van der Waals surface area contributed by atoms with Crippen LogP contribution in [0.25, 0.3) is 0 Å². The van der Waals surface area contributed by atoms with Crippen LogP contribution in [-0.2, 0) is 0 Å². The largest absolute Gasteiger partial charge is 0.398 e. The summed E-state index contributed by atoms with van der Waals surface area (Å²) in [5.74, 6) is 0.898. The van der Waals surface area contributed by atoms with E-state index in [1.165, 1.54) is 49.9 Å². The number of halogens is 1. The summed E-state index contributed by atoms with van der Waals surface area (Å²) >= 11 is 6.19. The lowest BCUT2D eigenvalue weighted by Gasteiger charge is -2.34. The van der Waals surface area contributed by atoms with E-state index in [4.69, 9.17) is 17.3 Å². The molecule has 0 radical (unpaired) electrons. The van der Waals surface area contributed by atoms with Gasteiger partial charge in [-0.3, -0.25) is 0 Å². The van der Waals surface area contributed by atoms with E-state index in [0.717, 1.165) is 12.0 Å². The average molecular weight is 265 g/mol. The second kappa shape index (κ2) is 4.65. The van der Waals surface area contributed by atoms with Crippen molar-refractivity contribution in [3.63, 3.8) is 0 Å². The van der Waals surface area contributed by atoms with Crippen LogP contribution in [0.1, 0.15) is 37.7 Å². The summed E-state index contributed by atoms with van der Waals surface area (Å²) < 4.78 is 0. The predicted octanol–water partition coefficient (Wildman–Crippen LogP) is 4.00. The van der Waals surface area contributed by atoms with E-state index in [0.29, 0.717) is 10.7 Å². The summed E-state index contributed by atoms with van der Waals surface area (Å²) in [7, 11) is 0. The fourth-order valence-corrected chi connectivity index (χ4v) is 3.87. The van der Waals surface area contributed by atoms with Crippen LogP contribution in [0.3, 0.4) is 0 Å². The summed E-state index contributed by atoms with van der Waals surface area (Å²) in [6, 6.07) is 4.80. The second-order valence-corrected chi connectivity index (χ2v) is 6.16. The molecule has 1 saturated carbocycles. The molecule has 3 rings (SSSR count). The van der Waals surface area contributed by atoms with Crippen LogP contribution < -0.4 is 10.6 Å². The molecule has 0 spiro atoms. The van der Waals surface area contributed by atoms with Crippen molar-refractivity contribution in [1.29, 1.82) is 0 Å². The Hall–Kier alpha value is -0.890. The third-order valence-electron chi connectivity index (χ3n) is 4.63. The maximum Gasteiger partial charge on any atom is 0.0656 e. The van der Waals surface area contributed by atoms with Gasteiger partial charge >= 0.3 is 0 Å². The molecule has 2 N–H and O–H groups in total. The first kappa shape index (κ1) is 12.2. The Bertz CT molecular complexity index is 458. The first-order valence-corrected chi connectivity index (χ1v) is 7.37. The number of benzene rings is 1. The lowest BCUT2D eigenvalue weighted by atomic mass is 9.85. The maximum atomic E-state index is 6.19. The molecule has 0 bridgehead atoms. The number of hydrogen-bond donors (Lipinski definition) is 1. The van der Waals surface area contributed by atoms with E-state index in [-0.39, 0.29) is 0 Å². The van der Waals surface area contributed by atoms with Gasteiger partial charge < -0.3 is 10.6 Å². The first-order valence-electron chi connectivity index (χ1n) is 6.99. The zero-order valence-corrected chi connectivity index (χ0v) is 11.7. The monoisotopic (exact) mass is 264 g/mol. The number of nitrogen functional groups attached to an aromatic ring is 1. The van der Waals surface area contributed by atoms with E-state index in [2.05, 4.69) is 17.9 Å². The lowest BCUT2D eigenvalue weighted by molar-refractivity contribution is 0.342. The van der Waals surface area contributed by atoms with Gasteiger partial charge in [-0.05, 0) is 49.8 Å². The molecule has 2 atom stereocenters. The highest BCUT2D eigenvalue weighted by molar-refractivity contribution is 6.33. The summed E-state index contributed by atoms with van der Waals surface area (Å²) in [6.45, 7) is 3.31. The smallest absolute Gasteiger partial charge is 0.0656 e. The SMILES string of the molecule is Cc1cc(N)c(Cl)cc1N1CCC2CCCCC21. The minimum absolute atomic E-state index is 0.690. The van der Waals surface area contributed by atoms with E-state index < -0.39 is 0 Å². The topological polar surface area (TPSA) is 29.3 Å². The molecule has 0 aromatic heterocycles. The molecule has 0 amide bonds. The van der Waals surface area contributed by atoms with Gasteiger partial charge in [-0.1, -0.05) is 24.4 Å². The number of hydrogen-bond acceptors (Lipinski definition) is 2. The summed E-state index contributed by atoms with van der Waals surface area (Å²) in [4.78, 5) is 2.57. The van der Waals surface area contributed by atoms with Crippen LogP contribution in [0.15, 0.2) is 12.1 Å². The summed E-state index contributed by atoms with van der Waals surface area (Å²) in [6.07, 6.45) is 6.87. The van der Waals surface area contributed by atoms with Crippen molar-refractivity contribution in [3.8, 4) is 0 Å². The van der Waals surface area contributed by atoms with Crippen molar-refractivity contribution in [2.75, 3.05) is 17.2 Å². The molecule has 1 heterocycles. The van der Waals surface area contributed by atoms with Crippen LogP contribution >= 0.6 is 11.6 Å². The van der Waals surface area contributed by atoms with Crippen molar-refractivity contribution >= 4 is 23.0 Å². The number of fused-ring (bicyclic) bond motifs is 1. The third kappa shape index (κ3) is 1.97. The van der Waals surface area contributed by atoms with Crippen LogP contribution in [0.5, 0.6) is 0 Å². The van der Waals surface area contributed by atoms with Gasteiger partial charge in [0.05, 0.1) is 10.7 Å². The Kier molecular flexibility index (Phi) is 3.14. The molecule has 1 aliphatic heterocycles. The molecule has 98 valence electrons. The van der Waals surface area contributed by atoms with Gasteiger partial charge in [0.2, 0.25) is 0 Å². The highest BCUT2D eigenvalue weighted by Crippen LogP contribution is 2.41. The fraction of sp³-hybridized carbons (Fsp3) is 0.600. The summed E-state index contributed by atoms with van der Waals surface area (Å²) in [5, 5.41) is 0.690. The zero-order chi connectivity index (χ0) is 12.7. The van der Waals surface area contributed by atoms with Crippen molar-refractivity contribution in [1.82, 2.24) is 0 Å². The highest BCUT2D eigenvalue weighted by Gasteiger charge is 2.36. The minimum atomic E-state index is 0.690.